The van der Waals surface area contributed by atoms with Crippen LogP contribution in [0.25, 0.3) is 0 Å². The number of hydrogen-bond donors (Lipinski definition) is 1. The fourth-order valence-corrected chi connectivity index (χ4v) is 3.63. The van der Waals surface area contributed by atoms with Crippen molar-refractivity contribution in [2.24, 2.45) is 0 Å². The van der Waals surface area contributed by atoms with Crippen LogP contribution in [0.15, 0.2) is 59.1 Å². The second-order valence-corrected chi connectivity index (χ2v) is 8.34. The molecule has 0 unspecified atom stereocenters. The van der Waals surface area contributed by atoms with E-state index in [1.165, 1.54) is 0 Å². The highest BCUT2D eigenvalue weighted by Crippen LogP contribution is 2.19. The Labute approximate surface area is 182 Å². The Morgan fingerprint density at radius 1 is 1.03 bits per heavy atom. The zero-order chi connectivity index (χ0) is 21.2. The molecule has 2 amide bonds. The van der Waals surface area contributed by atoms with Crippen LogP contribution in [-0.2, 0) is 22.6 Å². The molecule has 2 aromatic rings. The van der Waals surface area contributed by atoms with Gasteiger partial charge in [-0.2, -0.15) is 0 Å². The highest BCUT2D eigenvalue weighted by atomic mass is 79.9. The minimum absolute atomic E-state index is 0.00714. The minimum atomic E-state index is -0.551. The van der Waals surface area contributed by atoms with Crippen molar-refractivity contribution >= 4 is 27.7 Å². The summed E-state index contributed by atoms with van der Waals surface area (Å²) in [4.78, 5) is 28.0. The van der Waals surface area contributed by atoms with Crippen LogP contribution in [-0.4, -0.2) is 28.8 Å². The van der Waals surface area contributed by atoms with Gasteiger partial charge in [-0.05, 0) is 43.0 Å². The van der Waals surface area contributed by atoms with Gasteiger partial charge in [0.05, 0.1) is 0 Å². The van der Waals surface area contributed by atoms with Crippen molar-refractivity contribution in [2.75, 3.05) is 0 Å². The van der Waals surface area contributed by atoms with Crippen LogP contribution in [0.1, 0.15) is 51.2 Å². The molecule has 156 valence electrons. The summed E-state index contributed by atoms with van der Waals surface area (Å²) < 4.78 is 0.960. The molecule has 29 heavy (non-hydrogen) atoms. The van der Waals surface area contributed by atoms with E-state index in [9.17, 15) is 9.59 Å². The molecule has 5 heteroatoms. The average molecular weight is 459 g/mol. The quantitative estimate of drug-likeness (QED) is 0.537. The number of hydrogen-bond acceptors (Lipinski definition) is 2. The lowest BCUT2D eigenvalue weighted by Crippen LogP contribution is -2.52. The lowest BCUT2D eigenvalue weighted by atomic mass is 10.0. The smallest absolute Gasteiger partial charge is 0.243 e. The monoisotopic (exact) mass is 458 g/mol. The van der Waals surface area contributed by atoms with Gasteiger partial charge in [0, 0.05) is 29.9 Å². The molecule has 0 radical (unpaired) electrons. The normalized spacial score (nSPS) is 12.8. The van der Waals surface area contributed by atoms with Crippen LogP contribution < -0.4 is 5.32 Å². The molecule has 4 nitrogen and oxygen atoms in total. The van der Waals surface area contributed by atoms with E-state index in [-0.39, 0.29) is 17.9 Å². The molecule has 0 saturated heterocycles. The van der Waals surface area contributed by atoms with Gasteiger partial charge in [-0.3, -0.25) is 9.59 Å². The van der Waals surface area contributed by atoms with E-state index in [1.807, 2.05) is 75.4 Å². The highest BCUT2D eigenvalue weighted by molar-refractivity contribution is 9.10. The molecule has 1 N–H and O–H groups in total. The van der Waals surface area contributed by atoms with Crippen molar-refractivity contribution in [1.82, 2.24) is 10.2 Å². The number of amides is 2. The fraction of sp³-hybridized carbons (Fsp3) is 0.417. The maximum atomic E-state index is 13.2. The zero-order valence-electron chi connectivity index (χ0n) is 17.5. The van der Waals surface area contributed by atoms with Gasteiger partial charge in [0.2, 0.25) is 11.8 Å². The van der Waals surface area contributed by atoms with Gasteiger partial charge >= 0.3 is 0 Å². The zero-order valence-corrected chi connectivity index (χ0v) is 19.1. The largest absolute Gasteiger partial charge is 0.352 e. The first-order valence-corrected chi connectivity index (χ1v) is 11.1. The van der Waals surface area contributed by atoms with Crippen molar-refractivity contribution in [3.8, 4) is 0 Å². The van der Waals surface area contributed by atoms with E-state index in [0.29, 0.717) is 19.4 Å². The van der Waals surface area contributed by atoms with Crippen LogP contribution in [0.3, 0.4) is 0 Å². The standard InChI is InChI=1S/C24H31BrN2O2/c1-4-10-23(28)27(17-20-13-9-14-21(25)15-20)22(24(29)26-18(3)5-2)16-19-11-7-6-8-12-19/h6-9,11-15,18,22H,4-5,10,16-17H2,1-3H3,(H,26,29)/t18-,22-/m1/s1. The van der Waals surface area contributed by atoms with E-state index in [2.05, 4.69) is 21.2 Å². The Kier molecular flexibility index (Phi) is 9.39. The highest BCUT2D eigenvalue weighted by Gasteiger charge is 2.30. The predicted molar refractivity (Wildman–Crippen MR) is 121 cm³/mol. The number of carbonyl (C=O) groups is 2. The van der Waals surface area contributed by atoms with Crippen LogP contribution in [0.4, 0.5) is 0 Å². The number of halogens is 1. The van der Waals surface area contributed by atoms with E-state index in [4.69, 9.17) is 0 Å². The Hall–Kier alpha value is -2.14. The van der Waals surface area contributed by atoms with Gasteiger partial charge in [0.1, 0.15) is 6.04 Å². The Balaban J connectivity index is 2.37. The maximum Gasteiger partial charge on any atom is 0.243 e. The van der Waals surface area contributed by atoms with Gasteiger partial charge in [-0.25, -0.2) is 0 Å². The van der Waals surface area contributed by atoms with Gasteiger partial charge in [-0.1, -0.05) is 72.2 Å². The Morgan fingerprint density at radius 2 is 1.72 bits per heavy atom. The van der Waals surface area contributed by atoms with Crippen LogP contribution in [0.5, 0.6) is 0 Å². The average Bonchev–Trinajstić information content (AvgIpc) is 2.71. The number of nitrogens with one attached hydrogen (secondary N) is 1. The summed E-state index contributed by atoms with van der Waals surface area (Å²) in [6, 6.07) is 17.3. The molecular weight excluding hydrogens is 428 g/mol. The third kappa shape index (κ3) is 7.32. The van der Waals surface area contributed by atoms with Crippen LogP contribution in [0.2, 0.25) is 0 Å². The number of benzene rings is 2. The topological polar surface area (TPSA) is 49.4 Å². The molecule has 0 aliphatic carbocycles. The predicted octanol–water partition coefficient (Wildman–Crippen LogP) is 5.10. The van der Waals surface area contributed by atoms with Gasteiger partial charge in [0.25, 0.3) is 0 Å². The summed E-state index contributed by atoms with van der Waals surface area (Å²) in [6.07, 6.45) is 2.51. The lowest BCUT2D eigenvalue weighted by molar-refractivity contribution is -0.141. The second kappa shape index (κ2) is 11.8. The van der Waals surface area contributed by atoms with Crippen molar-refractivity contribution < 1.29 is 9.59 Å². The molecule has 0 aromatic heterocycles. The first-order chi connectivity index (χ1) is 13.9. The van der Waals surface area contributed by atoms with Gasteiger partial charge in [0.15, 0.2) is 0 Å². The summed E-state index contributed by atoms with van der Waals surface area (Å²) in [5.74, 6) is -0.0876. The van der Waals surface area contributed by atoms with Crippen LogP contribution in [0, 0.1) is 0 Å². The summed E-state index contributed by atoms with van der Waals surface area (Å²) in [5, 5.41) is 3.08. The molecule has 2 aromatic carbocycles. The molecule has 2 rings (SSSR count). The summed E-state index contributed by atoms with van der Waals surface area (Å²) in [5.41, 5.74) is 2.04. The summed E-state index contributed by atoms with van der Waals surface area (Å²) in [6.45, 7) is 6.42. The first-order valence-electron chi connectivity index (χ1n) is 10.3. The van der Waals surface area contributed by atoms with Gasteiger partial charge in [-0.15, -0.1) is 0 Å². The molecule has 0 aliphatic heterocycles. The molecule has 0 aliphatic rings. The Bertz CT molecular complexity index is 794. The Morgan fingerprint density at radius 3 is 2.34 bits per heavy atom. The fourth-order valence-electron chi connectivity index (χ4n) is 3.18. The van der Waals surface area contributed by atoms with Crippen LogP contribution >= 0.6 is 15.9 Å². The molecule has 0 fully saturated rings. The van der Waals surface area contributed by atoms with Crippen molar-refractivity contribution in [3.63, 3.8) is 0 Å². The molecular formula is C24H31BrN2O2. The summed E-state index contributed by atoms with van der Waals surface area (Å²) >= 11 is 3.50. The van der Waals surface area contributed by atoms with E-state index >= 15 is 0 Å². The van der Waals surface area contributed by atoms with Crippen molar-refractivity contribution in [2.45, 2.75) is 65.1 Å². The van der Waals surface area contributed by atoms with Crippen molar-refractivity contribution in [3.05, 3.63) is 70.2 Å². The number of rotatable bonds is 10. The molecule has 0 spiro atoms. The van der Waals surface area contributed by atoms with Gasteiger partial charge < -0.3 is 10.2 Å². The minimum Gasteiger partial charge on any atom is -0.352 e. The molecule has 0 saturated carbocycles. The first kappa shape index (κ1) is 23.1. The molecule has 0 heterocycles. The number of carbonyl (C=O) groups excluding carboxylic acids is 2. The van der Waals surface area contributed by atoms with Crippen molar-refractivity contribution in [1.29, 1.82) is 0 Å². The lowest BCUT2D eigenvalue weighted by Gasteiger charge is -2.32. The van der Waals surface area contributed by atoms with E-state index in [1.54, 1.807) is 4.90 Å². The SMILES string of the molecule is CCCC(=O)N(Cc1cccc(Br)c1)[C@H](Cc1ccccc1)C(=O)N[C@H](C)CC. The summed E-state index contributed by atoms with van der Waals surface area (Å²) in [7, 11) is 0. The maximum absolute atomic E-state index is 13.2. The third-order valence-corrected chi connectivity index (χ3v) is 5.47. The number of nitrogens with zero attached hydrogens (tertiary/aromatic N) is 1. The van der Waals surface area contributed by atoms with E-state index in [0.717, 1.165) is 28.4 Å². The second-order valence-electron chi connectivity index (χ2n) is 7.42. The molecule has 2 atom stereocenters. The molecule has 0 bridgehead atoms. The van der Waals surface area contributed by atoms with E-state index < -0.39 is 6.04 Å². The third-order valence-electron chi connectivity index (χ3n) is 4.98.